The predicted molar refractivity (Wildman–Crippen MR) is 123 cm³/mol. The number of nitrogens with one attached hydrogen (secondary N) is 1. The van der Waals surface area contributed by atoms with Gasteiger partial charge in [0.1, 0.15) is 17.7 Å². The molecule has 0 radical (unpaired) electrons. The van der Waals surface area contributed by atoms with Gasteiger partial charge in [0.2, 0.25) is 0 Å². The number of aryl methyl sites for hydroxylation is 1. The van der Waals surface area contributed by atoms with Crippen molar-refractivity contribution in [3.05, 3.63) is 60.8 Å². The normalized spacial score (nSPS) is 14.5. The van der Waals surface area contributed by atoms with Gasteiger partial charge in [0.25, 0.3) is 0 Å². The van der Waals surface area contributed by atoms with Gasteiger partial charge >= 0.3 is 0 Å². The number of aromatic nitrogens is 6. The van der Waals surface area contributed by atoms with E-state index >= 15 is 0 Å². The molecule has 4 heterocycles. The molecule has 0 amide bonds. The van der Waals surface area contributed by atoms with Gasteiger partial charge in [0, 0.05) is 29.7 Å². The summed E-state index contributed by atoms with van der Waals surface area (Å²) in [5, 5.41) is 8.22. The molecule has 1 N–H and O–H groups in total. The third kappa shape index (κ3) is 3.04. The van der Waals surface area contributed by atoms with Crippen LogP contribution in [0.4, 0.5) is 5.69 Å². The number of H-pyrrole nitrogens is 1. The van der Waals surface area contributed by atoms with Gasteiger partial charge in [-0.3, -0.25) is 14.6 Å². The predicted octanol–water partition coefficient (Wildman–Crippen LogP) is 4.66. The topological polar surface area (TPSA) is 75.5 Å². The van der Waals surface area contributed by atoms with E-state index < -0.39 is 0 Å². The van der Waals surface area contributed by atoms with Crippen LogP contribution in [-0.2, 0) is 0 Å². The maximum atomic E-state index is 4.94. The van der Waals surface area contributed by atoms with Gasteiger partial charge in [-0.2, -0.15) is 5.10 Å². The Morgan fingerprint density at radius 3 is 2.65 bits per heavy atom. The number of imidazole rings is 1. The molecule has 154 valence electrons. The van der Waals surface area contributed by atoms with Crippen molar-refractivity contribution in [2.75, 3.05) is 18.0 Å². The summed E-state index contributed by atoms with van der Waals surface area (Å²) < 4.78 is 2.20. The average Bonchev–Trinajstić information content (AvgIpc) is 3.46. The van der Waals surface area contributed by atoms with Crippen molar-refractivity contribution in [3.8, 4) is 17.1 Å². The third-order valence-corrected chi connectivity index (χ3v) is 6.14. The second kappa shape index (κ2) is 7.19. The molecule has 1 aliphatic heterocycles. The van der Waals surface area contributed by atoms with Crippen LogP contribution < -0.4 is 4.90 Å². The molecular formula is C24H23N7. The number of nitrogens with zero attached hydrogens (tertiary/aromatic N) is 6. The first-order valence-electron chi connectivity index (χ1n) is 10.8. The number of pyridine rings is 1. The first kappa shape index (κ1) is 18.1. The molecule has 1 saturated heterocycles. The number of para-hydroxylation sites is 1. The molecule has 6 rings (SSSR count). The van der Waals surface area contributed by atoms with Crippen LogP contribution in [0.2, 0.25) is 0 Å². The number of aromatic amines is 1. The summed E-state index contributed by atoms with van der Waals surface area (Å²) in [7, 11) is 0. The van der Waals surface area contributed by atoms with Crippen molar-refractivity contribution in [2.45, 2.75) is 26.2 Å². The van der Waals surface area contributed by atoms with Crippen molar-refractivity contribution in [3.63, 3.8) is 0 Å². The fourth-order valence-electron chi connectivity index (χ4n) is 4.64. The van der Waals surface area contributed by atoms with E-state index in [0.717, 1.165) is 57.9 Å². The van der Waals surface area contributed by atoms with Crippen molar-refractivity contribution in [1.29, 1.82) is 0 Å². The fraction of sp³-hybridized carbons (Fsp3) is 0.250. The molecule has 0 unspecified atom stereocenters. The van der Waals surface area contributed by atoms with Crippen LogP contribution in [0.25, 0.3) is 39.0 Å². The number of fused-ring (bicyclic) bond motifs is 2. The lowest BCUT2D eigenvalue weighted by Crippen LogP contribution is -2.29. The molecule has 1 fully saturated rings. The SMILES string of the molecule is Cc1nc2c(-c3ncn[nH]3)cc(N3CCCCC3)cc2n1-c1cnc2ccccc2c1. The molecule has 2 aromatic carbocycles. The minimum atomic E-state index is 0.741. The highest BCUT2D eigenvalue weighted by Crippen LogP contribution is 2.34. The maximum Gasteiger partial charge on any atom is 0.157 e. The standard InChI is InChI=1S/C24H23N7/c1-16-28-23-20(24-26-15-27-29-24)12-18(30-9-5-2-6-10-30)13-22(23)31(16)19-11-17-7-3-4-8-21(17)25-14-19/h3-4,7-8,11-15H,2,5-6,9-10H2,1H3,(H,26,27,29). The first-order chi connectivity index (χ1) is 15.3. The summed E-state index contributed by atoms with van der Waals surface area (Å²) in [6.07, 6.45) is 7.22. The highest BCUT2D eigenvalue weighted by Gasteiger charge is 2.20. The highest BCUT2D eigenvalue weighted by molar-refractivity contribution is 5.95. The summed E-state index contributed by atoms with van der Waals surface area (Å²) in [5.41, 5.74) is 6.16. The monoisotopic (exact) mass is 409 g/mol. The third-order valence-electron chi connectivity index (χ3n) is 6.14. The van der Waals surface area contributed by atoms with E-state index in [9.17, 15) is 0 Å². The number of hydrogen-bond acceptors (Lipinski definition) is 5. The van der Waals surface area contributed by atoms with Crippen LogP contribution in [0, 0.1) is 6.92 Å². The van der Waals surface area contributed by atoms with Gasteiger partial charge in [0.05, 0.1) is 22.9 Å². The summed E-state index contributed by atoms with van der Waals surface area (Å²) in [4.78, 5) is 16.5. The fourth-order valence-corrected chi connectivity index (χ4v) is 4.64. The second-order valence-electron chi connectivity index (χ2n) is 8.12. The molecule has 0 atom stereocenters. The Balaban J connectivity index is 1.61. The first-order valence-corrected chi connectivity index (χ1v) is 10.8. The second-order valence-corrected chi connectivity index (χ2v) is 8.12. The summed E-state index contributed by atoms with van der Waals surface area (Å²) in [6, 6.07) is 14.8. The van der Waals surface area contributed by atoms with Crippen molar-refractivity contribution >= 4 is 27.6 Å². The van der Waals surface area contributed by atoms with Crippen molar-refractivity contribution in [2.24, 2.45) is 0 Å². The summed E-state index contributed by atoms with van der Waals surface area (Å²) >= 11 is 0. The molecular weight excluding hydrogens is 386 g/mol. The zero-order valence-corrected chi connectivity index (χ0v) is 17.4. The van der Waals surface area contributed by atoms with E-state index in [-0.39, 0.29) is 0 Å². The van der Waals surface area contributed by atoms with E-state index in [1.54, 1.807) is 6.33 Å². The highest BCUT2D eigenvalue weighted by atomic mass is 15.2. The average molecular weight is 409 g/mol. The molecule has 7 nitrogen and oxygen atoms in total. The van der Waals surface area contributed by atoms with E-state index in [2.05, 4.69) is 53.9 Å². The van der Waals surface area contributed by atoms with Crippen molar-refractivity contribution < 1.29 is 0 Å². The van der Waals surface area contributed by atoms with Gasteiger partial charge in [-0.15, -0.1) is 0 Å². The molecule has 0 saturated carbocycles. The van der Waals surface area contributed by atoms with Crippen LogP contribution in [0.1, 0.15) is 25.1 Å². The Hall–Kier alpha value is -3.74. The van der Waals surface area contributed by atoms with Crippen LogP contribution in [0.3, 0.4) is 0 Å². The van der Waals surface area contributed by atoms with E-state index in [0.29, 0.717) is 0 Å². The smallest absolute Gasteiger partial charge is 0.157 e. The molecule has 31 heavy (non-hydrogen) atoms. The minimum Gasteiger partial charge on any atom is -0.371 e. The molecule has 0 aliphatic carbocycles. The van der Waals surface area contributed by atoms with Crippen molar-refractivity contribution in [1.82, 2.24) is 29.7 Å². The van der Waals surface area contributed by atoms with Crippen LogP contribution in [-0.4, -0.2) is 42.8 Å². The Morgan fingerprint density at radius 2 is 1.81 bits per heavy atom. The molecule has 1 aliphatic rings. The maximum absolute atomic E-state index is 4.94. The lowest BCUT2D eigenvalue weighted by molar-refractivity contribution is 0.578. The van der Waals surface area contributed by atoms with Gasteiger partial charge in [-0.05, 0) is 50.5 Å². The van der Waals surface area contributed by atoms with Crippen LogP contribution >= 0.6 is 0 Å². The Morgan fingerprint density at radius 1 is 0.935 bits per heavy atom. The minimum absolute atomic E-state index is 0.741. The zero-order chi connectivity index (χ0) is 20.8. The lowest BCUT2D eigenvalue weighted by Gasteiger charge is -2.29. The van der Waals surface area contributed by atoms with Crippen LogP contribution in [0.15, 0.2) is 55.0 Å². The van der Waals surface area contributed by atoms with Gasteiger partial charge in [0.15, 0.2) is 5.82 Å². The van der Waals surface area contributed by atoms with Gasteiger partial charge < -0.3 is 4.90 Å². The van der Waals surface area contributed by atoms with Gasteiger partial charge in [-0.1, -0.05) is 18.2 Å². The Bertz CT molecular complexity index is 1380. The Kier molecular flexibility index (Phi) is 4.19. The number of rotatable bonds is 3. The largest absolute Gasteiger partial charge is 0.371 e. The zero-order valence-electron chi connectivity index (χ0n) is 17.4. The number of benzene rings is 2. The number of hydrogen-bond donors (Lipinski definition) is 1. The van der Waals surface area contributed by atoms with Crippen LogP contribution in [0.5, 0.6) is 0 Å². The quantitative estimate of drug-likeness (QED) is 0.469. The Labute approximate surface area is 179 Å². The van der Waals surface area contributed by atoms with E-state index in [4.69, 9.17) is 4.98 Å². The molecule has 3 aromatic heterocycles. The summed E-state index contributed by atoms with van der Waals surface area (Å²) in [5.74, 6) is 1.66. The molecule has 5 aromatic rings. The molecule has 0 bridgehead atoms. The number of piperidine rings is 1. The van der Waals surface area contributed by atoms with E-state index in [1.807, 2.05) is 31.3 Å². The molecule has 0 spiro atoms. The lowest BCUT2D eigenvalue weighted by atomic mass is 10.1. The number of anilines is 1. The van der Waals surface area contributed by atoms with E-state index in [1.165, 1.54) is 24.9 Å². The van der Waals surface area contributed by atoms with Gasteiger partial charge in [-0.25, -0.2) is 9.97 Å². The summed E-state index contributed by atoms with van der Waals surface area (Å²) in [6.45, 7) is 4.19. The molecule has 7 heteroatoms.